The Morgan fingerprint density at radius 1 is 1.58 bits per heavy atom. The van der Waals surface area contributed by atoms with Gasteiger partial charge in [0, 0.05) is 13.0 Å². The van der Waals surface area contributed by atoms with Crippen LogP contribution in [-0.2, 0) is 4.79 Å². The molecule has 0 radical (unpaired) electrons. The molecule has 0 spiro atoms. The number of hydrogen-bond donors (Lipinski definition) is 3. The van der Waals surface area contributed by atoms with Crippen molar-refractivity contribution in [3.8, 4) is 5.88 Å². The average Bonchev–Trinajstić information content (AvgIpc) is 2.26. The molecule has 2 amide bonds. The molecule has 0 saturated carbocycles. The van der Waals surface area contributed by atoms with Gasteiger partial charge in [0.25, 0.3) is 5.88 Å². The van der Waals surface area contributed by atoms with Gasteiger partial charge in [0.05, 0.1) is 17.9 Å². The lowest BCUT2D eigenvalue weighted by Gasteiger charge is -2.13. The normalized spacial score (nSPS) is 11.5. The predicted molar refractivity (Wildman–Crippen MR) is 64.6 cm³/mol. The van der Waals surface area contributed by atoms with Crippen molar-refractivity contribution in [2.24, 2.45) is 0 Å². The number of hydrogen-bond acceptors (Lipinski definition) is 4. The van der Waals surface area contributed by atoms with Crippen LogP contribution < -0.4 is 15.4 Å². The van der Waals surface area contributed by atoms with Crippen LogP contribution in [0.5, 0.6) is 5.88 Å². The Labute approximate surface area is 108 Å². The fourth-order valence-corrected chi connectivity index (χ4v) is 1.32. The molecular formula is C11H14FN3O4. The number of ether oxygens (including phenoxy) is 1. The van der Waals surface area contributed by atoms with Gasteiger partial charge < -0.3 is 15.2 Å². The van der Waals surface area contributed by atoms with Crippen molar-refractivity contribution in [1.82, 2.24) is 10.3 Å². The third kappa shape index (κ3) is 5.19. The van der Waals surface area contributed by atoms with Gasteiger partial charge in [0.1, 0.15) is 6.61 Å². The zero-order valence-corrected chi connectivity index (χ0v) is 10.4. The van der Waals surface area contributed by atoms with Crippen molar-refractivity contribution in [3.63, 3.8) is 0 Å². The van der Waals surface area contributed by atoms with Gasteiger partial charge in [-0.2, -0.15) is 0 Å². The first kappa shape index (κ1) is 14.7. The molecule has 1 aromatic rings. The number of carbonyl (C=O) groups excluding carboxylic acids is 1. The molecule has 7 nitrogen and oxygen atoms in total. The molecule has 0 bridgehead atoms. The lowest BCUT2D eigenvalue weighted by Crippen LogP contribution is -2.35. The third-order valence-electron chi connectivity index (χ3n) is 1.98. The van der Waals surface area contributed by atoms with E-state index in [1.165, 1.54) is 6.92 Å². The number of rotatable bonds is 5. The SMILES string of the molecule is CC(=O)N[C@@H](C)COc1ncc(NC(=O)O)cc1F. The summed E-state index contributed by atoms with van der Waals surface area (Å²) >= 11 is 0. The smallest absolute Gasteiger partial charge is 0.409 e. The number of pyridine rings is 1. The van der Waals surface area contributed by atoms with Gasteiger partial charge in [-0.15, -0.1) is 0 Å². The summed E-state index contributed by atoms with van der Waals surface area (Å²) in [6, 6.07) is 0.662. The minimum Gasteiger partial charge on any atom is -0.473 e. The number of carboxylic acid groups (broad SMARTS) is 1. The highest BCUT2D eigenvalue weighted by atomic mass is 19.1. The Hall–Kier alpha value is -2.38. The molecule has 1 rings (SSSR count). The van der Waals surface area contributed by atoms with Crippen molar-refractivity contribution in [2.45, 2.75) is 19.9 Å². The molecule has 0 aliphatic carbocycles. The van der Waals surface area contributed by atoms with E-state index in [9.17, 15) is 14.0 Å². The van der Waals surface area contributed by atoms with E-state index in [1.807, 2.05) is 5.32 Å². The molecule has 1 atom stereocenters. The van der Waals surface area contributed by atoms with Crippen LogP contribution in [0.25, 0.3) is 0 Å². The number of halogens is 1. The molecule has 1 aromatic heterocycles. The van der Waals surface area contributed by atoms with Crippen LogP contribution in [-0.4, -0.2) is 34.7 Å². The molecule has 19 heavy (non-hydrogen) atoms. The van der Waals surface area contributed by atoms with E-state index in [0.29, 0.717) is 0 Å². The Bertz CT molecular complexity index is 481. The summed E-state index contributed by atoms with van der Waals surface area (Å²) in [5, 5.41) is 13.0. The van der Waals surface area contributed by atoms with Crippen molar-refractivity contribution >= 4 is 17.7 Å². The second-order valence-corrected chi connectivity index (χ2v) is 3.85. The number of aromatic nitrogens is 1. The van der Waals surface area contributed by atoms with Crippen molar-refractivity contribution in [3.05, 3.63) is 18.1 Å². The molecule has 104 valence electrons. The first-order chi connectivity index (χ1) is 8.88. The Balaban J connectivity index is 2.59. The summed E-state index contributed by atoms with van der Waals surface area (Å²) in [5.41, 5.74) is 0.00672. The maximum atomic E-state index is 13.5. The van der Waals surface area contributed by atoms with E-state index in [0.717, 1.165) is 12.3 Å². The molecule has 0 aromatic carbocycles. The minimum atomic E-state index is -1.31. The summed E-state index contributed by atoms with van der Waals surface area (Å²) in [4.78, 5) is 24.8. The molecule has 0 fully saturated rings. The fourth-order valence-electron chi connectivity index (χ4n) is 1.32. The Morgan fingerprint density at radius 3 is 2.79 bits per heavy atom. The summed E-state index contributed by atoms with van der Waals surface area (Å²) in [6.45, 7) is 3.11. The quantitative estimate of drug-likeness (QED) is 0.747. The largest absolute Gasteiger partial charge is 0.473 e. The van der Waals surface area contributed by atoms with Gasteiger partial charge >= 0.3 is 6.09 Å². The number of anilines is 1. The van der Waals surface area contributed by atoms with Crippen LogP contribution in [0.2, 0.25) is 0 Å². The van der Waals surface area contributed by atoms with Gasteiger partial charge in [-0.05, 0) is 6.92 Å². The molecule has 0 aliphatic rings. The van der Waals surface area contributed by atoms with E-state index < -0.39 is 11.9 Å². The molecular weight excluding hydrogens is 257 g/mol. The molecule has 0 unspecified atom stereocenters. The number of carbonyl (C=O) groups is 2. The van der Waals surface area contributed by atoms with E-state index in [1.54, 1.807) is 6.92 Å². The second kappa shape index (κ2) is 6.53. The van der Waals surface area contributed by atoms with E-state index in [4.69, 9.17) is 9.84 Å². The van der Waals surface area contributed by atoms with Crippen LogP contribution in [0, 0.1) is 5.82 Å². The molecule has 8 heteroatoms. The fraction of sp³-hybridized carbons (Fsp3) is 0.364. The summed E-state index contributed by atoms with van der Waals surface area (Å²) < 4.78 is 18.6. The number of nitrogens with zero attached hydrogens (tertiary/aromatic N) is 1. The monoisotopic (exact) mass is 271 g/mol. The summed E-state index contributed by atoms with van der Waals surface area (Å²) in [6.07, 6.45) is -0.176. The molecule has 1 heterocycles. The summed E-state index contributed by atoms with van der Waals surface area (Å²) in [5.74, 6) is -1.26. The van der Waals surface area contributed by atoms with Crippen molar-refractivity contribution in [2.75, 3.05) is 11.9 Å². The van der Waals surface area contributed by atoms with Crippen LogP contribution in [0.4, 0.5) is 14.9 Å². The van der Waals surface area contributed by atoms with Gasteiger partial charge in [0.2, 0.25) is 5.91 Å². The maximum absolute atomic E-state index is 13.5. The lowest BCUT2D eigenvalue weighted by molar-refractivity contribution is -0.119. The van der Waals surface area contributed by atoms with Crippen LogP contribution in [0.3, 0.4) is 0 Å². The first-order valence-corrected chi connectivity index (χ1v) is 5.44. The third-order valence-corrected chi connectivity index (χ3v) is 1.98. The van der Waals surface area contributed by atoms with Crippen LogP contribution >= 0.6 is 0 Å². The molecule has 3 N–H and O–H groups in total. The van der Waals surface area contributed by atoms with E-state index in [-0.39, 0.29) is 30.1 Å². The highest BCUT2D eigenvalue weighted by molar-refractivity contribution is 5.82. The Morgan fingerprint density at radius 2 is 2.26 bits per heavy atom. The molecule has 0 aliphatic heterocycles. The topological polar surface area (TPSA) is 101 Å². The zero-order chi connectivity index (χ0) is 14.4. The van der Waals surface area contributed by atoms with Crippen molar-refractivity contribution in [1.29, 1.82) is 0 Å². The Kier molecular flexibility index (Phi) is 5.04. The van der Waals surface area contributed by atoms with Crippen LogP contribution in [0.15, 0.2) is 12.3 Å². The average molecular weight is 271 g/mol. The van der Waals surface area contributed by atoms with Crippen LogP contribution in [0.1, 0.15) is 13.8 Å². The predicted octanol–water partition coefficient (Wildman–Crippen LogP) is 1.21. The lowest BCUT2D eigenvalue weighted by atomic mass is 10.3. The minimum absolute atomic E-state index is 0.00672. The second-order valence-electron chi connectivity index (χ2n) is 3.85. The van der Waals surface area contributed by atoms with Gasteiger partial charge in [-0.25, -0.2) is 14.2 Å². The highest BCUT2D eigenvalue weighted by Crippen LogP contribution is 2.17. The molecule has 0 saturated heterocycles. The van der Waals surface area contributed by atoms with Gasteiger partial charge in [-0.3, -0.25) is 10.1 Å². The van der Waals surface area contributed by atoms with Gasteiger partial charge in [0.15, 0.2) is 5.82 Å². The maximum Gasteiger partial charge on any atom is 0.409 e. The number of nitrogens with one attached hydrogen (secondary N) is 2. The summed E-state index contributed by atoms with van der Waals surface area (Å²) in [7, 11) is 0. The zero-order valence-electron chi connectivity index (χ0n) is 10.4. The first-order valence-electron chi connectivity index (χ1n) is 5.44. The highest BCUT2D eigenvalue weighted by Gasteiger charge is 2.10. The standard InChI is InChI=1S/C11H14FN3O4/c1-6(14-7(2)16)5-19-10-9(12)3-8(4-13-10)15-11(17)18/h3-4,6,15H,5H2,1-2H3,(H,14,16)(H,17,18)/t6-/m0/s1. The number of amides is 2. The van der Waals surface area contributed by atoms with E-state index >= 15 is 0 Å². The van der Waals surface area contributed by atoms with E-state index in [2.05, 4.69) is 10.3 Å². The van der Waals surface area contributed by atoms with Crippen molar-refractivity contribution < 1.29 is 23.8 Å². The van der Waals surface area contributed by atoms with Gasteiger partial charge in [-0.1, -0.05) is 0 Å².